The van der Waals surface area contributed by atoms with Gasteiger partial charge in [0.25, 0.3) is 0 Å². The number of rotatable bonds is 4. The molecule has 1 aliphatic rings. The summed E-state index contributed by atoms with van der Waals surface area (Å²) in [6, 6.07) is 8.31. The molecule has 2 rings (SSSR count). The molecule has 1 saturated heterocycles. The Labute approximate surface area is 109 Å². The van der Waals surface area contributed by atoms with E-state index in [1.165, 1.54) is 5.56 Å². The molecule has 3 nitrogen and oxygen atoms in total. The smallest absolute Gasteiger partial charge is 0.0720 e. The molecule has 2 atom stereocenters. The molecule has 1 aromatic carbocycles. The first-order valence-electron chi connectivity index (χ1n) is 6.72. The molecule has 1 aromatic rings. The number of nitrogens with two attached hydrogens (primary N) is 1. The van der Waals surface area contributed by atoms with Gasteiger partial charge in [-0.2, -0.15) is 0 Å². The largest absolute Gasteiger partial charge is 0.375 e. The molecule has 0 spiro atoms. The lowest BCUT2D eigenvalue weighted by Gasteiger charge is -2.32. The molecule has 0 aromatic heterocycles. The van der Waals surface area contributed by atoms with E-state index in [0.29, 0.717) is 31.5 Å². The molecular weight excluding hydrogens is 226 g/mol. The quantitative estimate of drug-likeness (QED) is 0.892. The van der Waals surface area contributed by atoms with Gasteiger partial charge >= 0.3 is 0 Å². The normalized spacial score (nSPS) is 28.3. The number of benzene rings is 1. The lowest BCUT2D eigenvalue weighted by molar-refractivity contribution is -0.106. The van der Waals surface area contributed by atoms with Crippen LogP contribution in [0.2, 0.25) is 0 Å². The van der Waals surface area contributed by atoms with Gasteiger partial charge in [0.05, 0.1) is 24.9 Å². The third kappa shape index (κ3) is 3.80. The van der Waals surface area contributed by atoms with Crippen LogP contribution in [0.4, 0.5) is 0 Å². The molecule has 100 valence electrons. The third-order valence-corrected chi connectivity index (χ3v) is 3.40. The molecule has 0 bridgehead atoms. The number of hydrogen-bond acceptors (Lipinski definition) is 3. The highest BCUT2D eigenvalue weighted by Gasteiger charge is 2.24. The third-order valence-electron chi connectivity index (χ3n) is 3.40. The second-order valence-corrected chi connectivity index (χ2v) is 5.18. The Morgan fingerprint density at radius 1 is 1.11 bits per heavy atom. The van der Waals surface area contributed by atoms with Crippen molar-refractivity contribution < 1.29 is 9.47 Å². The molecule has 1 fully saturated rings. The summed E-state index contributed by atoms with van der Waals surface area (Å²) in [5.74, 6) is 0. The molecular formula is C15H23NO2. The zero-order valence-corrected chi connectivity index (χ0v) is 11.3. The van der Waals surface area contributed by atoms with Crippen LogP contribution < -0.4 is 5.73 Å². The molecule has 3 heteroatoms. The van der Waals surface area contributed by atoms with Gasteiger partial charge in [-0.3, -0.25) is 0 Å². The molecule has 0 radical (unpaired) electrons. The maximum atomic E-state index is 5.97. The highest BCUT2D eigenvalue weighted by molar-refractivity contribution is 5.21. The van der Waals surface area contributed by atoms with E-state index in [1.807, 2.05) is 0 Å². The van der Waals surface area contributed by atoms with Crippen molar-refractivity contribution in [3.05, 3.63) is 35.4 Å². The van der Waals surface area contributed by atoms with Crippen LogP contribution in [0.3, 0.4) is 0 Å². The summed E-state index contributed by atoms with van der Waals surface area (Å²) in [6.07, 6.45) is 2.91. The fourth-order valence-electron chi connectivity index (χ4n) is 2.47. The Hall–Kier alpha value is -0.900. The van der Waals surface area contributed by atoms with E-state index < -0.39 is 0 Å². The highest BCUT2D eigenvalue weighted by Crippen LogP contribution is 2.22. The van der Waals surface area contributed by atoms with Gasteiger partial charge in [-0.1, -0.05) is 24.3 Å². The van der Waals surface area contributed by atoms with Gasteiger partial charge in [0.15, 0.2) is 0 Å². The predicted molar refractivity (Wildman–Crippen MR) is 72.2 cm³/mol. The number of ether oxygens (including phenoxy) is 2. The molecule has 1 aliphatic heterocycles. The zero-order chi connectivity index (χ0) is 13.0. The maximum Gasteiger partial charge on any atom is 0.0720 e. The minimum absolute atomic E-state index is 0.304. The average molecular weight is 249 g/mol. The summed E-state index contributed by atoms with van der Waals surface area (Å²) >= 11 is 0. The molecule has 0 aliphatic carbocycles. The standard InChI is InChI=1S/C15H23NO2/c1-11-7-15(8-12(2)18-11)17-10-14-5-3-13(9-16)4-6-14/h3-6,11-12,15H,7-10,16H2,1-2H3. The summed E-state index contributed by atoms with van der Waals surface area (Å²) in [5.41, 5.74) is 7.94. The van der Waals surface area contributed by atoms with Crippen molar-refractivity contribution in [1.29, 1.82) is 0 Å². The van der Waals surface area contributed by atoms with Crippen molar-refractivity contribution in [2.24, 2.45) is 5.73 Å². The Balaban J connectivity index is 1.83. The molecule has 1 heterocycles. The van der Waals surface area contributed by atoms with Crippen molar-refractivity contribution in [3.8, 4) is 0 Å². The van der Waals surface area contributed by atoms with Gasteiger partial charge in [0.2, 0.25) is 0 Å². The topological polar surface area (TPSA) is 44.5 Å². The van der Waals surface area contributed by atoms with E-state index in [2.05, 4.69) is 38.1 Å². The molecule has 0 amide bonds. The highest BCUT2D eigenvalue weighted by atomic mass is 16.5. The van der Waals surface area contributed by atoms with Crippen molar-refractivity contribution in [2.75, 3.05) is 0 Å². The lowest BCUT2D eigenvalue weighted by Crippen LogP contribution is -2.33. The van der Waals surface area contributed by atoms with Crippen LogP contribution in [0.15, 0.2) is 24.3 Å². The van der Waals surface area contributed by atoms with E-state index >= 15 is 0 Å². The van der Waals surface area contributed by atoms with Crippen LogP contribution >= 0.6 is 0 Å². The Morgan fingerprint density at radius 3 is 2.22 bits per heavy atom. The van der Waals surface area contributed by atoms with Gasteiger partial charge < -0.3 is 15.2 Å². The molecule has 0 saturated carbocycles. The van der Waals surface area contributed by atoms with Crippen molar-refractivity contribution in [2.45, 2.75) is 58.2 Å². The Bertz CT molecular complexity index is 353. The van der Waals surface area contributed by atoms with Crippen LogP contribution in [-0.4, -0.2) is 18.3 Å². The molecule has 18 heavy (non-hydrogen) atoms. The van der Waals surface area contributed by atoms with E-state index in [1.54, 1.807) is 0 Å². The Morgan fingerprint density at radius 2 is 1.67 bits per heavy atom. The summed E-state index contributed by atoms with van der Waals surface area (Å²) < 4.78 is 11.7. The summed E-state index contributed by atoms with van der Waals surface area (Å²) in [4.78, 5) is 0. The van der Waals surface area contributed by atoms with E-state index in [0.717, 1.165) is 18.4 Å². The zero-order valence-electron chi connectivity index (χ0n) is 11.3. The Kier molecular flexibility index (Phi) is 4.75. The van der Waals surface area contributed by atoms with Crippen LogP contribution in [0.1, 0.15) is 37.8 Å². The molecule has 2 N–H and O–H groups in total. The number of hydrogen-bond donors (Lipinski definition) is 1. The minimum atomic E-state index is 0.304. The first-order chi connectivity index (χ1) is 8.67. The lowest BCUT2D eigenvalue weighted by atomic mass is 10.0. The maximum absolute atomic E-state index is 5.97. The van der Waals surface area contributed by atoms with E-state index in [-0.39, 0.29) is 0 Å². The van der Waals surface area contributed by atoms with Gasteiger partial charge in [0, 0.05) is 6.54 Å². The van der Waals surface area contributed by atoms with Gasteiger partial charge in [-0.25, -0.2) is 0 Å². The van der Waals surface area contributed by atoms with Crippen molar-refractivity contribution >= 4 is 0 Å². The first-order valence-corrected chi connectivity index (χ1v) is 6.72. The first kappa shape index (κ1) is 13.5. The van der Waals surface area contributed by atoms with Crippen LogP contribution in [0, 0.1) is 0 Å². The summed E-state index contributed by atoms with van der Waals surface area (Å²) in [5, 5.41) is 0. The van der Waals surface area contributed by atoms with Gasteiger partial charge in [0.1, 0.15) is 0 Å². The van der Waals surface area contributed by atoms with Gasteiger partial charge in [-0.15, -0.1) is 0 Å². The minimum Gasteiger partial charge on any atom is -0.375 e. The second kappa shape index (κ2) is 6.32. The van der Waals surface area contributed by atoms with Crippen LogP contribution in [-0.2, 0) is 22.6 Å². The van der Waals surface area contributed by atoms with Gasteiger partial charge in [-0.05, 0) is 37.8 Å². The average Bonchev–Trinajstić information content (AvgIpc) is 2.36. The SMILES string of the molecule is CC1CC(OCc2ccc(CN)cc2)CC(C)O1. The van der Waals surface area contributed by atoms with Crippen molar-refractivity contribution in [3.63, 3.8) is 0 Å². The summed E-state index contributed by atoms with van der Waals surface area (Å²) in [6.45, 7) is 5.50. The van der Waals surface area contributed by atoms with Crippen molar-refractivity contribution in [1.82, 2.24) is 0 Å². The molecule has 2 unspecified atom stereocenters. The van der Waals surface area contributed by atoms with Crippen LogP contribution in [0.25, 0.3) is 0 Å². The van der Waals surface area contributed by atoms with E-state index in [4.69, 9.17) is 15.2 Å². The fourth-order valence-corrected chi connectivity index (χ4v) is 2.47. The monoisotopic (exact) mass is 249 g/mol. The van der Waals surface area contributed by atoms with Crippen LogP contribution in [0.5, 0.6) is 0 Å². The second-order valence-electron chi connectivity index (χ2n) is 5.18. The summed E-state index contributed by atoms with van der Waals surface area (Å²) in [7, 11) is 0. The van der Waals surface area contributed by atoms with E-state index in [9.17, 15) is 0 Å². The predicted octanol–water partition coefficient (Wildman–Crippen LogP) is 2.62. The fraction of sp³-hybridized carbons (Fsp3) is 0.600.